The standard InChI is InChI=1S/C26H30Cl4N2O2S/c1-2-24(26(34)31-20-6-4-3-5-7-20)32(14-17-8-11-21(28)23(30)12-17)25(33)16-35-15-18-9-10-19(27)13-22(18)29/h8-13,20,24H,2-7,14-16H2,1H3,(H,31,34)/t24-/m0/s1. The molecule has 0 unspecified atom stereocenters. The third kappa shape index (κ3) is 8.46. The first kappa shape index (κ1) is 28.5. The van der Waals surface area contributed by atoms with E-state index in [0.29, 0.717) is 32.3 Å². The van der Waals surface area contributed by atoms with Crippen molar-refractivity contribution in [3.8, 4) is 0 Å². The predicted octanol–water partition coefficient (Wildman–Crippen LogP) is 7.79. The Hall–Kier alpha value is -1.11. The van der Waals surface area contributed by atoms with Gasteiger partial charge in [-0.05, 0) is 54.7 Å². The first-order valence-electron chi connectivity index (χ1n) is 11.8. The summed E-state index contributed by atoms with van der Waals surface area (Å²) in [4.78, 5) is 28.4. The van der Waals surface area contributed by atoms with Crippen molar-refractivity contribution in [2.24, 2.45) is 0 Å². The van der Waals surface area contributed by atoms with Crippen molar-refractivity contribution < 1.29 is 9.59 Å². The molecule has 1 atom stereocenters. The minimum atomic E-state index is -0.571. The van der Waals surface area contributed by atoms with E-state index in [0.717, 1.165) is 36.8 Å². The fraction of sp³-hybridized carbons (Fsp3) is 0.462. The lowest BCUT2D eigenvalue weighted by molar-refractivity contribution is -0.139. The Balaban J connectivity index is 1.73. The van der Waals surface area contributed by atoms with Crippen LogP contribution in [-0.4, -0.2) is 34.6 Å². The van der Waals surface area contributed by atoms with Crippen molar-refractivity contribution in [3.05, 3.63) is 67.6 Å². The molecule has 0 radical (unpaired) electrons. The van der Waals surface area contributed by atoms with Crippen molar-refractivity contribution in [2.75, 3.05) is 5.75 Å². The number of rotatable bonds is 10. The Bertz CT molecular complexity index is 1030. The number of hydrogen-bond acceptors (Lipinski definition) is 3. The normalized spacial score (nSPS) is 15.0. The molecule has 0 heterocycles. The van der Waals surface area contributed by atoms with Crippen LogP contribution >= 0.6 is 58.2 Å². The van der Waals surface area contributed by atoms with Gasteiger partial charge in [-0.2, -0.15) is 0 Å². The summed E-state index contributed by atoms with van der Waals surface area (Å²) in [5, 5.41) is 5.20. The molecule has 1 fully saturated rings. The summed E-state index contributed by atoms with van der Waals surface area (Å²) in [6.07, 6.45) is 5.94. The van der Waals surface area contributed by atoms with Crippen LogP contribution in [0.15, 0.2) is 36.4 Å². The van der Waals surface area contributed by atoms with E-state index >= 15 is 0 Å². The summed E-state index contributed by atoms with van der Waals surface area (Å²) in [7, 11) is 0. The van der Waals surface area contributed by atoms with Crippen LogP contribution in [0.25, 0.3) is 0 Å². The van der Waals surface area contributed by atoms with E-state index in [9.17, 15) is 9.59 Å². The Labute approximate surface area is 232 Å². The molecule has 35 heavy (non-hydrogen) atoms. The SMILES string of the molecule is CC[C@@H](C(=O)NC1CCCCC1)N(Cc1ccc(Cl)c(Cl)c1)C(=O)CSCc1ccc(Cl)cc1Cl. The maximum atomic E-state index is 13.4. The van der Waals surface area contributed by atoms with Gasteiger partial charge in [-0.3, -0.25) is 9.59 Å². The smallest absolute Gasteiger partial charge is 0.243 e. The van der Waals surface area contributed by atoms with Crippen LogP contribution in [0.2, 0.25) is 20.1 Å². The summed E-state index contributed by atoms with van der Waals surface area (Å²) in [6.45, 7) is 2.20. The highest BCUT2D eigenvalue weighted by atomic mass is 35.5. The van der Waals surface area contributed by atoms with Gasteiger partial charge in [-0.25, -0.2) is 0 Å². The molecule has 9 heteroatoms. The predicted molar refractivity (Wildman–Crippen MR) is 149 cm³/mol. The first-order chi connectivity index (χ1) is 16.8. The number of carbonyl (C=O) groups excluding carboxylic acids is 2. The van der Waals surface area contributed by atoms with E-state index in [4.69, 9.17) is 46.4 Å². The molecule has 3 rings (SSSR count). The summed E-state index contributed by atoms with van der Waals surface area (Å²) in [5.41, 5.74) is 1.73. The minimum absolute atomic E-state index is 0.0986. The van der Waals surface area contributed by atoms with E-state index < -0.39 is 6.04 Å². The van der Waals surface area contributed by atoms with Gasteiger partial charge in [-0.1, -0.05) is 84.7 Å². The molecule has 2 aromatic carbocycles. The molecule has 0 bridgehead atoms. The number of amides is 2. The van der Waals surface area contributed by atoms with Gasteiger partial charge < -0.3 is 10.2 Å². The number of hydrogen-bond donors (Lipinski definition) is 1. The number of benzene rings is 2. The zero-order valence-electron chi connectivity index (χ0n) is 19.7. The van der Waals surface area contributed by atoms with Crippen molar-refractivity contribution >= 4 is 70.0 Å². The van der Waals surface area contributed by atoms with Crippen LogP contribution in [0.1, 0.15) is 56.6 Å². The van der Waals surface area contributed by atoms with Crippen LogP contribution in [0, 0.1) is 0 Å². The molecule has 2 aromatic rings. The molecule has 0 aliphatic heterocycles. The monoisotopic (exact) mass is 574 g/mol. The highest BCUT2D eigenvalue weighted by molar-refractivity contribution is 7.99. The Morgan fingerprint density at radius 1 is 1.00 bits per heavy atom. The summed E-state index contributed by atoms with van der Waals surface area (Å²) in [5.74, 6) is 0.566. The highest BCUT2D eigenvalue weighted by Gasteiger charge is 2.30. The zero-order chi connectivity index (χ0) is 25.4. The molecule has 1 saturated carbocycles. The van der Waals surface area contributed by atoms with Gasteiger partial charge in [0.15, 0.2) is 0 Å². The molecule has 1 N–H and O–H groups in total. The van der Waals surface area contributed by atoms with Crippen LogP contribution in [0.4, 0.5) is 0 Å². The van der Waals surface area contributed by atoms with Crippen LogP contribution < -0.4 is 5.32 Å². The van der Waals surface area contributed by atoms with Gasteiger partial charge in [0.05, 0.1) is 15.8 Å². The number of nitrogens with one attached hydrogen (secondary N) is 1. The number of carbonyl (C=O) groups is 2. The summed E-state index contributed by atoms with van der Waals surface area (Å²) >= 11 is 26.0. The second kappa shape index (κ2) is 14.0. The first-order valence-corrected chi connectivity index (χ1v) is 14.5. The van der Waals surface area contributed by atoms with E-state index in [1.165, 1.54) is 18.2 Å². The molecular weight excluding hydrogens is 546 g/mol. The van der Waals surface area contributed by atoms with Crippen molar-refractivity contribution in [3.63, 3.8) is 0 Å². The molecule has 1 aliphatic carbocycles. The maximum Gasteiger partial charge on any atom is 0.243 e. The number of halogens is 4. The molecule has 0 spiro atoms. The van der Waals surface area contributed by atoms with E-state index in [1.54, 1.807) is 29.2 Å². The van der Waals surface area contributed by atoms with E-state index in [-0.39, 0.29) is 30.2 Å². The fourth-order valence-electron chi connectivity index (χ4n) is 4.27. The third-order valence-corrected chi connectivity index (χ3v) is 8.46. The topological polar surface area (TPSA) is 49.4 Å². The van der Waals surface area contributed by atoms with Crippen LogP contribution in [-0.2, 0) is 21.9 Å². The maximum absolute atomic E-state index is 13.4. The van der Waals surface area contributed by atoms with Gasteiger partial charge in [0.25, 0.3) is 0 Å². The van der Waals surface area contributed by atoms with Crippen molar-refractivity contribution in [2.45, 2.75) is 69.8 Å². The van der Waals surface area contributed by atoms with Crippen molar-refractivity contribution in [1.29, 1.82) is 0 Å². The zero-order valence-corrected chi connectivity index (χ0v) is 23.5. The molecule has 0 aromatic heterocycles. The quantitative estimate of drug-likeness (QED) is 0.314. The van der Waals surface area contributed by atoms with E-state index in [2.05, 4.69) is 5.32 Å². The molecule has 0 saturated heterocycles. The largest absolute Gasteiger partial charge is 0.352 e. The second-order valence-electron chi connectivity index (χ2n) is 8.77. The van der Waals surface area contributed by atoms with Gasteiger partial charge in [0.2, 0.25) is 11.8 Å². The van der Waals surface area contributed by atoms with Crippen LogP contribution in [0.3, 0.4) is 0 Å². The van der Waals surface area contributed by atoms with E-state index in [1.807, 2.05) is 19.1 Å². The molecule has 2 amide bonds. The Morgan fingerprint density at radius 2 is 1.74 bits per heavy atom. The van der Waals surface area contributed by atoms with Crippen molar-refractivity contribution in [1.82, 2.24) is 10.2 Å². The van der Waals surface area contributed by atoms with Gasteiger partial charge in [0, 0.05) is 28.4 Å². The molecule has 4 nitrogen and oxygen atoms in total. The summed E-state index contributed by atoms with van der Waals surface area (Å²) in [6, 6.07) is 10.2. The van der Waals surface area contributed by atoms with Gasteiger partial charge in [0.1, 0.15) is 6.04 Å². The molecule has 190 valence electrons. The van der Waals surface area contributed by atoms with Gasteiger partial charge >= 0.3 is 0 Å². The minimum Gasteiger partial charge on any atom is -0.352 e. The third-order valence-electron chi connectivity index (χ3n) is 6.17. The molecule has 1 aliphatic rings. The lowest BCUT2D eigenvalue weighted by Gasteiger charge is -2.33. The Kier molecular flexibility index (Phi) is 11.4. The Morgan fingerprint density at radius 3 is 2.40 bits per heavy atom. The average Bonchev–Trinajstić information content (AvgIpc) is 2.83. The fourth-order valence-corrected chi connectivity index (χ4v) is 6.06. The number of thioether (sulfide) groups is 1. The average molecular weight is 576 g/mol. The molecular formula is C26H30Cl4N2O2S. The summed E-state index contributed by atoms with van der Waals surface area (Å²) < 4.78 is 0. The second-order valence-corrected chi connectivity index (χ2v) is 11.4. The van der Waals surface area contributed by atoms with Gasteiger partial charge in [-0.15, -0.1) is 11.8 Å². The number of nitrogens with zero attached hydrogens (tertiary/aromatic N) is 1. The lowest BCUT2D eigenvalue weighted by atomic mass is 9.95. The lowest BCUT2D eigenvalue weighted by Crippen LogP contribution is -2.52. The van der Waals surface area contributed by atoms with Crippen LogP contribution in [0.5, 0.6) is 0 Å². The highest BCUT2D eigenvalue weighted by Crippen LogP contribution is 2.27.